The van der Waals surface area contributed by atoms with Crippen molar-refractivity contribution >= 4 is 24.0 Å². The van der Waals surface area contributed by atoms with Crippen LogP contribution in [-0.4, -0.2) is 60.9 Å². The van der Waals surface area contributed by atoms with Gasteiger partial charge in [0.05, 0.1) is 0 Å². The Labute approximate surface area is 318 Å². The van der Waals surface area contributed by atoms with Crippen LogP contribution >= 0.6 is 0 Å². The van der Waals surface area contributed by atoms with Gasteiger partial charge in [-0.25, -0.2) is 9.59 Å². The molecule has 3 atom stereocenters. The van der Waals surface area contributed by atoms with E-state index in [1.165, 1.54) is 0 Å². The van der Waals surface area contributed by atoms with Crippen molar-refractivity contribution in [3.63, 3.8) is 0 Å². The standard InChI is InChI=1S/C44H52N4O6/c1-30(17-15-16-26-45-42(51)54-44(2,3)4)46-40(49)38(27-31-18-7-5-8-19-31)47-41(50)39(28-32-20-9-6-10-21-32)48-43(52)53-29-37-35-24-13-11-22-33(35)34-23-12-14-25-36(34)37/h5-14,18-25,30,37-39H,15-17,26-29H2,1-4H3,(H,45,51)(H,46,49)(H,47,50)(H,48,52)/t30-,38-,39+/m0/s1. The van der Waals surface area contributed by atoms with Crippen molar-refractivity contribution in [2.75, 3.05) is 13.2 Å². The molecule has 0 aliphatic heterocycles. The summed E-state index contributed by atoms with van der Waals surface area (Å²) in [5.74, 6) is -0.956. The number of fused-ring (bicyclic) bond motifs is 3. The third-order valence-corrected chi connectivity index (χ3v) is 9.27. The highest BCUT2D eigenvalue weighted by atomic mass is 16.6. The van der Waals surface area contributed by atoms with Gasteiger partial charge in [0.1, 0.15) is 24.3 Å². The van der Waals surface area contributed by atoms with E-state index in [1.807, 2.05) is 113 Å². The number of carbonyl (C=O) groups is 4. The van der Waals surface area contributed by atoms with Gasteiger partial charge in [0.2, 0.25) is 11.8 Å². The first-order chi connectivity index (χ1) is 26.0. The number of nitrogens with one attached hydrogen (secondary N) is 4. The summed E-state index contributed by atoms with van der Waals surface area (Å²) in [5, 5.41) is 11.6. The molecule has 284 valence electrons. The normalized spacial score (nSPS) is 13.7. The molecule has 54 heavy (non-hydrogen) atoms. The molecule has 0 bridgehead atoms. The largest absolute Gasteiger partial charge is 0.449 e. The first kappa shape index (κ1) is 39.6. The molecule has 0 spiro atoms. The molecule has 0 unspecified atom stereocenters. The highest BCUT2D eigenvalue weighted by Crippen LogP contribution is 2.44. The van der Waals surface area contributed by atoms with Crippen molar-refractivity contribution in [2.24, 2.45) is 0 Å². The molecule has 0 heterocycles. The summed E-state index contributed by atoms with van der Waals surface area (Å²) in [6.45, 7) is 7.92. The Morgan fingerprint density at radius 1 is 0.630 bits per heavy atom. The Morgan fingerprint density at radius 2 is 1.13 bits per heavy atom. The fourth-order valence-corrected chi connectivity index (χ4v) is 6.67. The summed E-state index contributed by atoms with van der Waals surface area (Å²) < 4.78 is 11.1. The summed E-state index contributed by atoms with van der Waals surface area (Å²) in [7, 11) is 0. The molecule has 10 nitrogen and oxygen atoms in total. The van der Waals surface area contributed by atoms with Gasteiger partial charge in [-0.3, -0.25) is 9.59 Å². The third kappa shape index (κ3) is 11.7. The molecule has 0 saturated carbocycles. The van der Waals surface area contributed by atoms with E-state index in [1.54, 1.807) is 0 Å². The van der Waals surface area contributed by atoms with Gasteiger partial charge in [-0.1, -0.05) is 109 Å². The molecule has 1 aliphatic rings. The second-order valence-electron chi connectivity index (χ2n) is 14.8. The highest BCUT2D eigenvalue weighted by molar-refractivity contribution is 5.92. The summed E-state index contributed by atoms with van der Waals surface area (Å²) in [5.41, 5.74) is 5.58. The quantitative estimate of drug-likeness (QED) is 0.0912. The summed E-state index contributed by atoms with van der Waals surface area (Å²) in [6, 6.07) is 33.0. The average molecular weight is 733 g/mol. The minimum Gasteiger partial charge on any atom is -0.449 e. The number of hydrogen-bond acceptors (Lipinski definition) is 6. The summed E-state index contributed by atoms with van der Waals surface area (Å²) >= 11 is 0. The van der Waals surface area contributed by atoms with E-state index < -0.39 is 35.8 Å². The molecule has 10 heteroatoms. The lowest BCUT2D eigenvalue weighted by molar-refractivity contribution is -0.130. The first-order valence-corrected chi connectivity index (χ1v) is 18.7. The number of unbranched alkanes of at least 4 members (excludes halogenated alkanes) is 1. The van der Waals surface area contributed by atoms with E-state index >= 15 is 0 Å². The second kappa shape index (κ2) is 18.9. The maximum Gasteiger partial charge on any atom is 0.407 e. The van der Waals surface area contributed by atoms with E-state index in [9.17, 15) is 19.2 Å². The van der Waals surface area contributed by atoms with Crippen molar-refractivity contribution in [1.29, 1.82) is 0 Å². The van der Waals surface area contributed by atoms with Crippen LogP contribution in [0.1, 0.15) is 75.1 Å². The van der Waals surface area contributed by atoms with Gasteiger partial charge in [0, 0.05) is 31.3 Å². The number of carbonyl (C=O) groups excluding carboxylic acids is 4. The minimum atomic E-state index is -1.01. The molecular formula is C44H52N4O6. The van der Waals surface area contributed by atoms with Crippen LogP contribution in [0.25, 0.3) is 11.1 Å². The number of benzene rings is 4. The lowest BCUT2D eigenvalue weighted by atomic mass is 9.98. The SMILES string of the molecule is C[C@@H](CCCCNC(=O)OC(C)(C)C)NC(=O)[C@H](Cc1ccccc1)NC(=O)[C@@H](Cc1ccccc1)NC(=O)OCC1c2ccccc2-c2ccccc21. The van der Waals surface area contributed by atoms with E-state index in [-0.39, 0.29) is 37.3 Å². The van der Waals surface area contributed by atoms with Crippen LogP contribution in [0.5, 0.6) is 0 Å². The molecule has 1 aliphatic carbocycles. The lowest BCUT2D eigenvalue weighted by Crippen LogP contribution is -2.56. The molecular weight excluding hydrogens is 681 g/mol. The average Bonchev–Trinajstić information content (AvgIpc) is 3.46. The van der Waals surface area contributed by atoms with E-state index in [0.29, 0.717) is 19.4 Å². The fourth-order valence-electron chi connectivity index (χ4n) is 6.67. The van der Waals surface area contributed by atoms with Crippen LogP contribution in [0.2, 0.25) is 0 Å². The molecule has 5 rings (SSSR count). The molecule has 0 fully saturated rings. The maximum atomic E-state index is 14.0. The zero-order valence-corrected chi connectivity index (χ0v) is 31.6. The number of amides is 4. The van der Waals surface area contributed by atoms with Gasteiger partial charge >= 0.3 is 12.2 Å². The van der Waals surface area contributed by atoms with E-state index in [2.05, 4.69) is 45.5 Å². The monoisotopic (exact) mass is 732 g/mol. The van der Waals surface area contributed by atoms with Gasteiger partial charge in [0.15, 0.2) is 0 Å². The smallest absolute Gasteiger partial charge is 0.407 e. The van der Waals surface area contributed by atoms with Crippen LogP contribution in [0.3, 0.4) is 0 Å². The third-order valence-electron chi connectivity index (χ3n) is 9.27. The molecule has 4 amide bonds. The molecule has 4 aromatic rings. The fraction of sp³-hybridized carbons (Fsp3) is 0.364. The zero-order chi connectivity index (χ0) is 38.5. The highest BCUT2D eigenvalue weighted by Gasteiger charge is 2.31. The lowest BCUT2D eigenvalue weighted by Gasteiger charge is -2.25. The number of rotatable bonds is 16. The Morgan fingerprint density at radius 3 is 1.69 bits per heavy atom. The molecule has 0 radical (unpaired) electrons. The minimum absolute atomic E-state index is 0.105. The number of hydrogen-bond donors (Lipinski definition) is 4. The Balaban J connectivity index is 1.22. The van der Waals surface area contributed by atoms with E-state index in [4.69, 9.17) is 9.47 Å². The van der Waals surface area contributed by atoms with Gasteiger partial charge in [-0.15, -0.1) is 0 Å². The van der Waals surface area contributed by atoms with Crippen molar-refractivity contribution in [3.8, 4) is 11.1 Å². The Bertz CT molecular complexity index is 1810. The maximum absolute atomic E-state index is 14.0. The Hall–Kier alpha value is -5.64. The van der Waals surface area contributed by atoms with Crippen molar-refractivity contribution in [2.45, 2.75) is 89.4 Å². The van der Waals surface area contributed by atoms with Gasteiger partial charge in [0.25, 0.3) is 0 Å². The van der Waals surface area contributed by atoms with Gasteiger partial charge in [-0.05, 0) is 80.3 Å². The van der Waals surface area contributed by atoms with Crippen LogP contribution in [0.4, 0.5) is 9.59 Å². The zero-order valence-electron chi connectivity index (χ0n) is 31.6. The Kier molecular flexibility index (Phi) is 13.9. The van der Waals surface area contributed by atoms with Crippen LogP contribution in [0, 0.1) is 0 Å². The first-order valence-electron chi connectivity index (χ1n) is 18.7. The van der Waals surface area contributed by atoms with Crippen LogP contribution in [-0.2, 0) is 31.9 Å². The molecule has 0 saturated heterocycles. The predicted octanol–water partition coefficient (Wildman–Crippen LogP) is 7.06. The van der Waals surface area contributed by atoms with Gasteiger partial charge < -0.3 is 30.7 Å². The molecule has 4 N–H and O–H groups in total. The molecule has 4 aromatic carbocycles. The molecule has 0 aromatic heterocycles. The van der Waals surface area contributed by atoms with Crippen molar-refractivity contribution in [3.05, 3.63) is 131 Å². The summed E-state index contributed by atoms with van der Waals surface area (Å²) in [4.78, 5) is 53.1. The van der Waals surface area contributed by atoms with E-state index in [0.717, 1.165) is 39.8 Å². The van der Waals surface area contributed by atoms with Crippen LogP contribution in [0.15, 0.2) is 109 Å². The van der Waals surface area contributed by atoms with Gasteiger partial charge in [-0.2, -0.15) is 0 Å². The van der Waals surface area contributed by atoms with Crippen molar-refractivity contribution in [1.82, 2.24) is 21.3 Å². The van der Waals surface area contributed by atoms with Crippen LogP contribution < -0.4 is 21.3 Å². The number of ether oxygens (including phenoxy) is 2. The topological polar surface area (TPSA) is 135 Å². The number of alkyl carbamates (subject to hydrolysis) is 2. The van der Waals surface area contributed by atoms with Crippen molar-refractivity contribution < 1.29 is 28.7 Å². The predicted molar refractivity (Wildman–Crippen MR) is 210 cm³/mol. The second-order valence-corrected chi connectivity index (χ2v) is 14.8. The summed E-state index contributed by atoms with van der Waals surface area (Å²) in [6.07, 6.45) is 1.43.